The molecule has 1 saturated heterocycles. The van der Waals surface area contributed by atoms with Crippen LogP contribution in [0.2, 0.25) is 0 Å². The highest BCUT2D eigenvalue weighted by Crippen LogP contribution is 2.75. The van der Waals surface area contributed by atoms with Gasteiger partial charge in [0.15, 0.2) is 0 Å². The summed E-state index contributed by atoms with van der Waals surface area (Å²) in [4.78, 5) is 16.0. The van der Waals surface area contributed by atoms with E-state index in [-0.39, 0.29) is 22.7 Å². The van der Waals surface area contributed by atoms with Crippen LogP contribution >= 0.6 is 0 Å². The standard InChI is InChI=1S/C25H26N2O/c1-23-17-27(25(16-26)15-20(23)13-14-24(23,25)2)22(28)21(18-9-5-3-6-10-18)19-11-7-4-8-12-19/h3-12,20-21H,13-15,17H2,1-2H3/t20-,23-,24+,25-/m1/s1. The number of hydrogen-bond acceptors (Lipinski definition) is 2. The van der Waals surface area contributed by atoms with Gasteiger partial charge in [0.1, 0.15) is 5.54 Å². The molecule has 0 radical (unpaired) electrons. The van der Waals surface area contributed by atoms with Gasteiger partial charge in [0.2, 0.25) is 5.91 Å². The Hall–Kier alpha value is -2.60. The molecule has 2 saturated carbocycles. The molecule has 4 bridgehead atoms. The van der Waals surface area contributed by atoms with Crippen LogP contribution < -0.4 is 0 Å². The number of rotatable bonds is 3. The highest BCUT2D eigenvalue weighted by Gasteiger charge is 2.79. The summed E-state index contributed by atoms with van der Waals surface area (Å²) in [5.41, 5.74) is 1.28. The van der Waals surface area contributed by atoms with Crippen molar-refractivity contribution in [2.45, 2.75) is 44.6 Å². The van der Waals surface area contributed by atoms with Gasteiger partial charge in [-0.15, -0.1) is 0 Å². The zero-order chi connectivity index (χ0) is 19.6. The second-order valence-corrected chi connectivity index (χ2v) is 9.34. The molecule has 5 rings (SSSR count). The maximum atomic E-state index is 14.0. The number of benzene rings is 2. The topological polar surface area (TPSA) is 44.1 Å². The molecule has 0 spiro atoms. The van der Waals surface area contributed by atoms with E-state index in [1.54, 1.807) is 0 Å². The minimum atomic E-state index is -0.663. The maximum Gasteiger partial charge on any atom is 0.235 e. The van der Waals surface area contributed by atoms with Gasteiger partial charge in [-0.25, -0.2) is 0 Å². The van der Waals surface area contributed by atoms with Gasteiger partial charge in [-0.2, -0.15) is 5.26 Å². The molecule has 2 aromatic rings. The zero-order valence-corrected chi connectivity index (χ0v) is 16.6. The van der Waals surface area contributed by atoms with Crippen LogP contribution in [0.15, 0.2) is 60.7 Å². The average molecular weight is 370 g/mol. The van der Waals surface area contributed by atoms with Crippen LogP contribution in [0.25, 0.3) is 0 Å². The normalized spacial score (nSPS) is 35.4. The molecule has 0 N–H and O–H groups in total. The number of carbonyl (C=O) groups excluding carboxylic acids is 1. The maximum absolute atomic E-state index is 14.0. The molecular formula is C25H26N2O. The van der Waals surface area contributed by atoms with Gasteiger partial charge in [-0.3, -0.25) is 4.79 Å². The van der Waals surface area contributed by atoms with Crippen LogP contribution in [0.5, 0.6) is 0 Å². The summed E-state index contributed by atoms with van der Waals surface area (Å²) in [5.74, 6) is 0.278. The summed E-state index contributed by atoms with van der Waals surface area (Å²) in [6.07, 6.45) is 3.07. The van der Waals surface area contributed by atoms with E-state index < -0.39 is 5.54 Å². The summed E-state index contributed by atoms with van der Waals surface area (Å²) in [5, 5.41) is 10.3. The molecular weight excluding hydrogens is 344 g/mol. The first-order chi connectivity index (χ1) is 13.5. The Kier molecular flexibility index (Phi) is 3.56. The number of piperidine rings is 1. The van der Waals surface area contributed by atoms with Crippen molar-refractivity contribution in [3.05, 3.63) is 71.8 Å². The SMILES string of the molecule is C[C@@]12CC[C@@H]3C[C@]1(C#N)N(C(=O)C(c1ccccc1)c1ccccc1)C[C@]32C. The lowest BCUT2D eigenvalue weighted by Crippen LogP contribution is -2.55. The largest absolute Gasteiger partial charge is 0.322 e. The Morgan fingerprint density at radius 2 is 1.64 bits per heavy atom. The first-order valence-electron chi connectivity index (χ1n) is 10.3. The number of hydrogen-bond donors (Lipinski definition) is 0. The van der Waals surface area contributed by atoms with Crippen molar-refractivity contribution in [1.29, 1.82) is 5.26 Å². The van der Waals surface area contributed by atoms with Gasteiger partial charge < -0.3 is 4.90 Å². The van der Waals surface area contributed by atoms with Crippen LogP contribution in [-0.2, 0) is 4.79 Å². The second-order valence-electron chi connectivity index (χ2n) is 9.34. The quantitative estimate of drug-likeness (QED) is 0.783. The van der Waals surface area contributed by atoms with E-state index in [1.807, 2.05) is 65.6 Å². The second kappa shape index (κ2) is 5.70. The van der Waals surface area contributed by atoms with E-state index in [2.05, 4.69) is 19.9 Å². The summed E-state index contributed by atoms with van der Waals surface area (Å²) < 4.78 is 0. The third-order valence-corrected chi connectivity index (χ3v) is 8.52. The van der Waals surface area contributed by atoms with Crippen molar-refractivity contribution in [3.63, 3.8) is 0 Å². The Balaban J connectivity index is 1.61. The molecule has 3 aliphatic rings. The van der Waals surface area contributed by atoms with Crippen LogP contribution in [0.4, 0.5) is 0 Å². The first kappa shape index (κ1) is 17.5. The molecule has 2 aromatic carbocycles. The van der Waals surface area contributed by atoms with Crippen molar-refractivity contribution in [2.75, 3.05) is 6.54 Å². The minimum absolute atomic E-state index is 0.0519. The average Bonchev–Trinajstić information content (AvgIpc) is 3.18. The van der Waals surface area contributed by atoms with Gasteiger partial charge in [0.25, 0.3) is 0 Å². The Bertz CT molecular complexity index is 926. The van der Waals surface area contributed by atoms with Gasteiger partial charge in [-0.05, 0) is 41.7 Å². The molecule has 0 aromatic heterocycles. The third kappa shape index (κ3) is 1.91. The van der Waals surface area contributed by atoms with E-state index in [0.29, 0.717) is 12.5 Å². The van der Waals surface area contributed by atoms with Crippen LogP contribution in [0.1, 0.15) is 50.2 Å². The Morgan fingerprint density at radius 1 is 1.07 bits per heavy atom. The summed E-state index contributed by atoms with van der Waals surface area (Å²) in [6, 6.07) is 22.7. The molecule has 3 nitrogen and oxygen atoms in total. The van der Waals surface area contributed by atoms with E-state index in [0.717, 1.165) is 24.0 Å². The minimum Gasteiger partial charge on any atom is -0.322 e. The number of likely N-dealkylation sites (tertiary alicyclic amines) is 1. The predicted molar refractivity (Wildman–Crippen MR) is 108 cm³/mol. The van der Waals surface area contributed by atoms with Crippen molar-refractivity contribution in [1.82, 2.24) is 4.90 Å². The molecule has 3 fully saturated rings. The highest BCUT2D eigenvalue weighted by atomic mass is 16.2. The van der Waals surface area contributed by atoms with E-state index >= 15 is 0 Å². The molecule has 2 aliphatic carbocycles. The zero-order valence-electron chi connectivity index (χ0n) is 16.6. The summed E-state index contributed by atoms with van der Waals surface area (Å²) in [6.45, 7) is 5.28. The molecule has 0 unspecified atom stereocenters. The van der Waals surface area contributed by atoms with Gasteiger partial charge >= 0.3 is 0 Å². The van der Waals surface area contributed by atoms with E-state index in [1.165, 1.54) is 6.42 Å². The fourth-order valence-electron chi connectivity index (χ4n) is 6.70. The molecule has 1 amide bonds. The highest BCUT2D eigenvalue weighted by molar-refractivity contribution is 5.89. The third-order valence-electron chi connectivity index (χ3n) is 8.52. The number of carbonyl (C=O) groups is 1. The van der Waals surface area contributed by atoms with E-state index in [4.69, 9.17) is 0 Å². The van der Waals surface area contributed by atoms with Crippen LogP contribution in [-0.4, -0.2) is 22.9 Å². The Labute approximate surface area is 167 Å². The van der Waals surface area contributed by atoms with E-state index in [9.17, 15) is 10.1 Å². The number of nitrogens with zero attached hydrogens (tertiary/aromatic N) is 2. The Morgan fingerprint density at radius 3 is 2.14 bits per heavy atom. The van der Waals surface area contributed by atoms with Gasteiger partial charge in [0, 0.05) is 12.0 Å². The van der Waals surface area contributed by atoms with Crippen LogP contribution in [0.3, 0.4) is 0 Å². The predicted octanol–water partition coefficient (Wildman–Crippen LogP) is 4.75. The van der Waals surface area contributed by atoms with Gasteiger partial charge in [-0.1, -0.05) is 74.5 Å². The van der Waals surface area contributed by atoms with Gasteiger partial charge in [0.05, 0.1) is 12.0 Å². The molecule has 1 aliphatic heterocycles. The first-order valence-corrected chi connectivity index (χ1v) is 10.3. The molecule has 142 valence electrons. The lowest BCUT2D eigenvalue weighted by molar-refractivity contribution is -0.138. The van der Waals surface area contributed by atoms with Crippen molar-refractivity contribution < 1.29 is 4.79 Å². The number of amides is 1. The van der Waals surface area contributed by atoms with Crippen molar-refractivity contribution in [2.24, 2.45) is 16.7 Å². The van der Waals surface area contributed by atoms with Crippen LogP contribution in [0, 0.1) is 28.1 Å². The lowest BCUT2D eigenvalue weighted by atomic mass is 9.66. The summed E-state index contributed by atoms with van der Waals surface area (Å²) in [7, 11) is 0. The fraction of sp³-hybridized carbons (Fsp3) is 0.440. The fourth-order valence-corrected chi connectivity index (χ4v) is 6.70. The molecule has 28 heavy (non-hydrogen) atoms. The summed E-state index contributed by atoms with van der Waals surface area (Å²) >= 11 is 0. The van der Waals surface area contributed by atoms with Crippen molar-refractivity contribution in [3.8, 4) is 6.07 Å². The monoisotopic (exact) mass is 370 g/mol. The molecule has 1 heterocycles. The number of nitriles is 1. The lowest BCUT2D eigenvalue weighted by Gasteiger charge is -2.44. The van der Waals surface area contributed by atoms with Crippen molar-refractivity contribution >= 4 is 5.91 Å². The smallest absolute Gasteiger partial charge is 0.235 e. The molecule has 3 heteroatoms. The molecule has 4 atom stereocenters.